The highest BCUT2D eigenvalue weighted by atomic mass is 15.3. The van der Waals surface area contributed by atoms with Crippen LogP contribution in [0.2, 0.25) is 0 Å². The van der Waals surface area contributed by atoms with E-state index >= 15 is 0 Å². The Kier molecular flexibility index (Phi) is 2.02. The van der Waals surface area contributed by atoms with Crippen molar-refractivity contribution >= 4 is 5.84 Å². The Balaban J connectivity index is 3.04. The van der Waals surface area contributed by atoms with Crippen LogP contribution in [0.1, 0.15) is 12.7 Å². The minimum absolute atomic E-state index is 0.704. The molecule has 0 radical (unpaired) electrons. The first kappa shape index (κ1) is 7.48. The molecular formula is C7H8N4. The number of terminal acetylenes is 1. The Morgan fingerprint density at radius 1 is 1.82 bits per heavy atom. The molecule has 0 aliphatic rings. The summed E-state index contributed by atoms with van der Waals surface area (Å²) in [4.78, 5) is 3.76. The molecule has 0 bridgehead atoms. The molecule has 4 nitrogen and oxygen atoms in total. The number of aliphatic imine (C=N–C) groups is 1. The lowest BCUT2D eigenvalue weighted by atomic mass is 10.6. The van der Waals surface area contributed by atoms with E-state index in [2.05, 4.69) is 21.2 Å². The molecule has 0 aromatic carbocycles. The van der Waals surface area contributed by atoms with Gasteiger partial charge in [0.05, 0.1) is 0 Å². The summed E-state index contributed by atoms with van der Waals surface area (Å²) >= 11 is 0. The van der Waals surface area contributed by atoms with Crippen LogP contribution in [0.25, 0.3) is 0 Å². The maximum absolute atomic E-state index is 4.99. The predicted octanol–water partition coefficient (Wildman–Crippen LogP) is 0.444. The zero-order valence-electron chi connectivity index (χ0n) is 6.44. The molecular weight excluding hydrogens is 140 g/mol. The van der Waals surface area contributed by atoms with E-state index in [1.807, 2.05) is 6.92 Å². The van der Waals surface area contributed by atoms with Gasteiger partial charge >= 0.3 is 0 Å². The smallest absolute Gasteiger partial charge is 0.135 e. The highest BCUT2D eigenvalue weighted by molar-refractivity contribution is 5.83. The maximum atomic E-state index is 4.99. The van der Waals surface area contributed by atoms with Gasteiger partial charge in [0.2, 0.25) is 0 Å². The molecule has 0 unspecified atom stereocenters. The predicted molar refractivity (Wildman–Crippen MR) is 42.1 cm³/mol. The summed E-state index contributed by atoms with van der Waals surface area (Å²) in [6.07, 6.45) is 6.57. The molecule has 0 fully saturated rings. The summed E-state index contributed by atoms with van der Waals surface area (Å²) in [6, 6.07) is 2.19. The van der Waals surface area contributed by atoms with Gasteiger partial charge in [0.1, 0.15) is 18.0 Å². The van der Waals surface area contributed by atoms with Crippen LogP contribution < -0.4 is 0 Å². The largest absolute Gasteiger partial charge is 0.273 e. The molecule has 56 valence electrons. The summed E-state index contributed by atoms with van der Waals surface area (Å²) in [6.45, 7) is 3.64. The van der Waals surface area contributed by atoms with E-state index in [1.54, 1.807) is 17.8 Å². The average Bonchev–Trinajstić information content (AvgIpc) is 2.36. The zero-order chi connectivity index (χ0) is 8.27. The maximum Gasteiger partial charge on any atom is 0.135 e. The fraction of sp³-hybridized carbons (Fsp3) is 0.286. The molecule has 4 heteroatoms. The summed E-state index contributed by atoms with van der Waals surface area (Å²) < 4.78 is 1.72. The van der Waals surface area contributed by atoms with E-state index in [-0.39, 0.29) is 0 Å². The SMILES string of the molecule is C#CN=C(C)n1cnnc1C. The summed E-state index contributed by atoms with van der Waals surface area (Å²) in [7, 11) is 0. The van der Waals surface area contributed by atoms with Crippen molar-refractivity contribution in [2.45, 2.75) is 13.8 Å². The van der Waals surface area contributed by atoms with E-state index in [4.69, 9.17) is 6.42 Å². The highest BCUT2D eigenvalue weighted by Crippen LogP contribution is 1.91. The van der Waals surface area contributed by atoms with Gasteiger partial charge in [0.15, 0.2) is 0 Å². The Hall–Kier alpha value is -1.63. The topological polar surface area (TPSA) is 43.1 Å². The molecule has 11 heavy (non-hydrogen) atoms. The fourth-order valence-electron chi connectivity index (χ4n) is 0.758. The first-order chi connectivity index (χ1) is 5.25. The molecule has 0 aliphatic heterocycles. The van der Waals surface area contributed by atoms with E-state index < -0.39 is 0 Å². The molecule has 0 spiro atoms. The number of aryl methyl sites for hydroxylation is 1. The summed E-state index contributed by atoms with van der Waals surface area (Å²) in [5.74, 6) is 1.48. The molecule has 0 aliphatic carbocycles. The van der Waals surface area contributed by atoms with Gasteiger partial charge in [-0.05, 0) is 13.8 Å². The Labute approximate surface area is 65.0 Å². The zero-order valence-corrected chi connectivity index (χ0v) is 6.44. The van der Waals surface area contributed by atoms with Crippen molar-refractivity contribution in [3.63, 3.8) is 0 Å². The Morgan fingerprint density at radius 3 is 3.00 bits per heavy atom. The lowest BCUT2D eigenvalue weighted by Crippen LogP contribution is -2.07. The van der Waals surface area contributed by atoms with Crippen LogP contribution in [0.15, 0.2) is 11.3 Å². The average molecular weight is 148 g/mol. The second kappa shape index (κ2) is 2.97. The monoisotopic (exact) mass is 148 g/mol. The van der Waals surface area contributed by atoms with Crippen molar-refractivity contribution in [3.05, 3.63) is 12.2 Å². The van der Waals surface area contributed by atoms with E-state index in [9.17, 15) is 0 Å². The van der Waals surface area contributed by atoms with Crippen LogP contribution in [0.5, 0.6) is 0 Å². The van der Waals surface area contributed by atoms with Crippen molar-refractivity contribution in [2.24, 2.45) is 4.99 Å². The Morgan fingerprint density at radius 2 is 2.55 bits per heavy atom. The molecule has 1 heterocycles. The molecule has 0 N–H and O–H groups in total. The van der Waals surface area contributed by atoms with Crippen molar-refractivity contribution in [3.8, 4) is 12.5 Å². The van der Waals surface area contributed by atoms with Gasteiger partial charge < -0.3 is 0 Å². The quantitative estimate of drug-likeness (QED) is 0.304. The highest BCUT2D eigenvalue weighted by Gasteiger charge is 1.98. The van der Waals surface area contributed by atoms with E-state index in [0.29, 0.717) is 5.84 Å². The number of nitrogens with zero attached hydrogens (tertiary/aromatic N) is 4. The molecule has 1 aromatic heterocycles. The number of hydrogen-bond acceptors (Lipinski definition) is 3. The third kappa shape index (κ3) is 1.44. The van der Waals surface area contributed by atoms with Crippen LogP contribution in [0.3, 0.4) is 0 Å². The molecule has 1 aromatic rings. The van der Waals surface area contributed by atoms with Gasteiger partial charge in [-0.1, -0.05) is 6.42 Å². The molecule has 0 saturated carbocycles. The van der Waals surface area contributed by atoms with Gasteiger partial charge in [0, 0.05) is 6.04 Å². The van der Waals surface area contributed by atoms with Gasteiger partial charge in [-0.15, -0.1) is 10.2 Å². The standard InChI is InChI=1S/C7H8N4/c1-4-8-6(2)11-5-9-10-7(11)3/h1,5H,2-3H3. The van der Waals surface area contributed by atoms with Crippen LogP contribution >= 0.6 is 0 Å². The summed E-state index contributed by atoms with van der Waals surface area (Å²) in [5.41, 5.74) is 0. The van der Waals surface area contributed by atoms with Crippen LogP contribution in [-0.2, 0) is 0 Å². The summed E-state index contributed by atoms with van der Waals surface area (Å²) in [5, 5.41) is 7.47. The van der Waals surface area contributed by atoms with Gasteiger partial charge in [-0.25, -0.2) is 0 Å². The minimum atomic E-state index is 0.704. The van der Waals surface area contributed by atoms with Crippen LogP contribution in [0, 0.1) is 19.4 Å². The van der Waals surface area contributed by atoms with Gasteiger partial charge in [0.25, 0.3) is 0 Å². The lowest BCUT2D eigenvalue weighted by molar-refractivity contribution is 1.00. The second-order valence-electron chi connectivity index (χ2n) is 2.04. The fourth-order valence-corrected chi connectivity index (χ4v) is 0.758. The van der Waals surface area contributed by atoms with E-state index in [0.717, 1.165) is 5.82 Å². The number of rotatable bonds is 0. The normalized spacial score (nSPS) is 11.2. The second-order valence-corrected chi connectivity index (χ2v) is 2.04. The first-order valence-electron chi connectivity index (χ1n) is 3.12. The van der Waals surface area contributed by atoms with Gasteiger partial charge in [-0.3, -0.25) is 4.57 Å². The van der Waals surface area contributed by atoms with Gasteiger partial charge in [-0.2, -0.15) is 4.99 Å². The third-order valence-corrected chi connectivity index (χ3v) is 1.29. The van der Waals surface area contributed by atoms with Crippen LogP contribution in [0.4, 0.5) is 0 Å². The lowest BCUT2D eigenvalue weighted by Gasteiger charge is -1.97. The third-order valence-electron chi connectivity index (χ3n) is 1.29. The van der Waals surface area contributed by atoms with Crippen molar-refractivity contribution in [1.29, 1.82) is 0 Å². The number of aromatic nitrogens is 3. The van der Waals surface area contributed by atoms with Crippen molar-refractivity contribution in [2.75, 3.05) is 0 Å². The molecule has 1 rings (SSSR count). The minimum Gasteiger partial charge on any atom is -0.273 e. The van der Waals surface area contributed by atoms with E-state index in [1.165, 1.54) is 0 Å². The molecule has 0 atom stereocenters. The molecule has 0 saturated heterocycles. The molecule has 0 amide bonds. The van der Waals surface area contributed by atoms with Crippen LogP contribution in [-0.4, -0.2) is 20.6 Å². The Bertz CT molecular complexity index is 315. The van der Waals surface area contributed by atoms with Crippen molar-refractivity contribution < 1.29 is 0 Å². The number of hydrogen-bond donors (Lipinski definition) is 0. The van der Waals surface area contributed by atoms with Crippen molar-refractivity contribution in [1.82, 2.24) is 14.8 Å². The first-order valence-corrected chi connectivity index (χ1v) is 3.12.